The number of halogens is 2. The summed E-state index contributed by atoms with van der Waals surface area (Å²) in [4.78, 5) is 0. The topological polar surface area (TPSA) is 30.5 Å². The van der Waals surface area contributed by atoms with Gasteiger partial charge in [0.15, 0.2) is 11.5 Å². The third kappa shape index (κ3) is 2.04. The smallest absolute Gasteiger partial charge is 0.231 e. The monoisotopic (exact) mass is 359 g/mol. The van der Waals surface area contributed by atoms with Crippen LogP contribution in [-0.2, 0) is 0 Å². The molecule has 0 fully saturated rings. The lowest BCUT2D eigenvalue weighted by Crippen LogP contribution is -2.29. The van der Waals surface area contributed by atoms with Gasteiger partial charge in [-0.05, 0) is 41.7 Å². The van der Waals surface area contributed by atoms with Crippen molar-refractivity contribution in [3.63, 3.8) is 0 Å². The molecule has 0 spiro atoms. The van der Waals surface area contributed by atoms with E-state index in [9.17, 15) is 0 Å². The maximum absolute atomic E-state index is 6.48. The van der Waals surface area contributed by atoms with E-state index < -0.39 is 0 Å². The van der Waals surface area contributed by atoms with Crippen LogP contribution in [0.1, 0.15) is 29.5 Å². The largest absolute Gasteiger partial charge is 0.454 e. The second-order valence-corrected chi connectivity index (χ2v) is 7.20. The highest BCUT2D eigenvalue weighted by molar-refractivity contribution is 6.43. The normalized spacial score (nSPS) is 26.0. The van der Waals surface area contributed by atoms with E-state index in [1.54, 1.807) is 0 Å². The molecule has 0 radical (unpaired) electrons. The van der Waals surface area contributed by atoms with Crippen LogP contribution in [0.15, 0.2) is 42.5 Å². The van der Waals surface area contributed by atoms with Crippen molar-refractivity contribution >= 4 is 28.9 Å². The van der Waals surface area contributed by atoms with E-state index in [0.29, 0.717) is 21.9 Å². The molecule has 0 amide bonds. The zero-order valence-corrected chi connectivity index (χ0v) is 14.3. The van der Waals surface area contributed by atoms with E-state index in [1.807, 2.05) is 12.1 Å². The van der Waals surface area contributed by atoms with E-state index in [1.165, 1.54) is 11.1 Å². The van der Waals surface area contributed by atoms with Crippen LogP contribution in [0.4, 0.5) is 5.69 Å². The lowest BCUT2D eigenvalue weighted by molar-refractivity contribution is 0.174. The number of allylic oxidation sites excluding steroid dienone is 2. The van der Waals surface area contributed by atoms with Crippen molar-refractivity contribution in [1.29, 1.82) is 0 Å². The van der Waals surface area contributed by atoms with Crippen molar-refractivity contribution in [2.45, 2.75) is 18.4 Å². The molecule has 2 aliphatic heterocycles. The Hall–Kier alpha value is -1.84. The van der Waals surface area contributed by atoms with Gasteiger partial charge in [-0.2, -0.15) is 0 Å². The highest BCUT2D eigenvalue weighted by Gasteiger charge is 2.39. The highest BCUT2D eigenvalue weighted by atomic mass is 35.5. The number of fused-ring (bicyclic) bond motifs is 4. The summed E-state index contributed by atoms with van der Waals surface area (Å²) in [6.45, 7) is 0.286. The average molecular weight is 360 g/mol. The molecule has 0 aromatic heterocycles. The Kier molecular flexibility index (Phi) is 3.22. The van der Waals surface area contributed by atoms with Gasteiger partial charge in [-0.25, -0.2) is 0 Å². The van der Waals surface area contributed by atoms with Crippen LogP contribution in [0, 0.1) is 5.92 Å². The number of hydrogen-bond donors (Lipinski definition) is 1. The third-order valence-corrected chi connectivity index (χ3v) is 5.99. The van der Waals surface area contributed by atoms with Crippen molar-refractivity contribution in [3.05, 3.63) is 63.7 Å². The molecular weight excluding hydrogens is 345 g/mol. The van der Waals surface area contributed by atoms with E-state index in [-0.39, 0.29) is 12.8 Å². The van der Waals surface area contributed by atoms with Crippen LogP contribution in [0.2, 0.25) is 10.0 Å². The minimum Gasteiger partial charge on any atom is -0.454 e. The van der Waals surface area contributed by atoms with Crippen molar-refractivity contribution < 1.29 is 9.47 Å². The minimum atomic E-state index is 0.156. The molecule has 3 nitrogen and oxygen atoms in total. The van der Waals surface area contributed by atoms with Crippen molar-refractivity contribution in [3.8, 4) is 11.5 Å². The lowest BCUT2D eigenvalue weighted by atomic mass is 9.77. The fourth-order valence-corrected chi connectivity index (χ4v) is 4.42. The van der Waals surface area contributed by atoms with E-state index in [4.69, 9.17) is 32.7 Å². The molecule has 24 heavy (non-hydrogen) atoms. The molecular formula is C19H15Cl2NO2. The second-order valence-electron chi connectivity index (χ2n) is 6.41. The van der Waals surface area contributed by atoms with Crippen molar-refractivity contribution in [2.24, 2.45) is 5.92 Å². The summed E-state index contributed by atoms with van der Waals surface area (Å²) >= 11 is 12.7. The number of rotatable bonds is 1. The summed E-state index contributed by atoms with van der Waals surface area (Å²) in [7, 11) is 0. The molecule has 122 valence electrons. The maximum atomic E-state index is 6.48. The fourth-order valence-electron chi connectivity index (χ4n) is 4.04. The standard InChI is InChI=1S/C19H15Cl2NO2/c20-14-6-5-13-11-2-1-3-12(11)18(22-19(13)17(14)21)10-4-7-15-16(8-10)24-9-23-15/h1-2,4-8,11-12,18,22H,3,9H2/t11-,12-,18+/m0/s1. The molecule has 1 N–H and O–H groups in total. The van der Waals surface area contributed by atoms with Crippen LogP contribution in [-0.4, -0.2) is 6.79 Å². The number of benzene rings is 2. The SMILES string of the molecule is Clc1ccc2c(c1Cl)N[C@H](c1ccc3c(c1)OCO3)[C@H]1CC=C[C@H]21. The highest BCUT2D eigenvalue weighted by Crippen LogP contribution is 2.53. The second kappa shape index (κ2) is 5.33. The predicted octanol–water partition coefficient (Wildman–Crippen LogP) is 5.55. The van der Waals surface area contributed by atoms with Gasteiger partial charge < -0.3 is 14.8 Å². The Balaban J connectivity index is 1.61. The molecule has 2 aromatic rings. The van der Waals surface area contributed by atoms with Gasteiger partial charge in [0.25, 0.3) is 0 Å². The number of anilines is 1. The molecule has 0 bridgehead atoms. The first kappa shape index (κ1) is 14.5. The van der Waals surface area contributed by atoms with Crippen LogP contribution < -0.4 is 14.8 Å². The van der Waals surface area contributed by atoms with Gasteiger partial charge in [0.2, 0.25) is 6.79 Å². The summed E-state index contributed by atoms with van der Waals surface area (Å²) in [5.74, 6) is 2.42. The van der Waals surface area contributed by atoms with Gasteiger partial charge in [0.1, 0.15) is 0 Å². The van der Waals surface area contributed by atoms with E-state index >= 15 is 0 Å². The van der Waals surface area contributed by atoms with Gasteiger partial charge in [-0.15, -0.1) is 0 Å². The predicted molar refractivity (Wildman–Crippen MR) is 95.4 cm³/mol. The molecule has 0 unspecified atom stereocenters. The molecule has 2 aromatic carbocycles. The van der Waals surface area contributed by atoms with Crippen LogP contribution in [0.3, 0.4) is 0 Å². The minimum absolute atomic E-state index is 0.156. The molecule has 3 atom stereocenters. The fraction of sp³-hybridized carbons (Fsp3) is 0.263. The summed E-state index contributed by atoms with van der Waals surface area (Å²) in [5, 5.41) is 4.80. The first-order valence-electron chi connectivity index (χ1n) is 8.03. The lowest BCUT2D eigenvalue weighted by Gasteiger charge is -2.38. The average Bonchev–Trinajstić information content (AvgIpc) is 3.25. The summed E-state index contributed by atoms with van der Waals surface area (Å²) < 4.78 is 11.0. The Morgan fingerprint density at radius 3 is 2.83 bits per heavy atom. The van der Waals surface area contributed by atoms with Gasteiger partial charge in [0, 0.05) is 5.92 Å². The van der Waals surface area contributed by atoms with Crippen LogP contribution >= 0.6 is 23.2 Å². The van der Waals surface area contributed by atoms with Gasteiger partial charge >= 0.3 is 0 Å². The first-order valence-corrected chi connectivity index (χ1v) is 8.78. The molecule has 1 aliphatic carbocycles. The Bertz CT molecular complexity index is 865. The Labute approximate surface area is 150 Å². The number of ether oxygens (including phenoxy) is 2. The van der Waals surface area contributed by atoms with Crippen molar-refractivity contribution in [2.75, 3.05) is 12.1 Å². The molecule has 5 heteroatoms. The molecule has 5 rings (SSSR count). The molecule has 0 saturated carbocycles. The third-order valence-electron chi connectivity index (χ3n) is 5.18. The Morgan fingerprint density at radius 1 is 1.04 bits per heavy atom. The van der Waals surface area contributed by atoms with Crippen molar-refractivity contribution in [1.82, 2.24) is 0 Å². The van der Waals surface area contributed by atoms with Crippen LogP contribution in [0.25, 0.3) is 0 Å². The Morgan fingerprint density at radius 2 is 1.92 bits per heavy atom. The number of nitrogens with one attached hydrogen (secondary N) is 1. The van der Waals surface area contributed by atoms with Gasteiger partial charge in [-0.3, -0.25) is 0 Å². The zero-order chi connectivity index (χ0) is 16.3. The number of hydrogen-bond acceptors (Lipinski definition) is 3. The van der Waals surface area contributed by atoms with E-state index in [2.05, 4.69) is 35.7 Å². The van der Waals surface area contributed by atoms with Gasteiger partial charge in [0.05, 0.1) is 21.8 Å². The van der Waals surface area contributed by atoms with E-state index in [0.717, 1.165) is 23.6 Å². The maximum Gasteiger partial charge on any atom is 0.231 e. The summed E-state index contributed by atoms with van der Waals surface area (Å²) in [6.07, 6.45) is 5.58. The molecule has 0 saturated heterocycles. The summed E-state index contributed by atoms with van der Waals surface area (Å²) in [5.41, 5.74) is 3.35. The van der Waals surface area contributed by atoms with Gasteiger partial charge in [-0.1, -0.05) is 47.5 Å². The molecule has 2 heterocycles. The van der Waals surface area contributed by atoms with Crippen LogP contribution in [0.5, 0.6) is 11.5 Å². The zero-order valence-electron chi connectivity index (χ0n) is 12.8. The molecule has 3 aliphatic rings. The quantitative estimate of drug-likeness (QED) is 0.677. The summed E-state index contributed by atoms with van der Waals surface area (Å²) in [6, 6.07) is 10.3. The first-order chi connectivity index (χ1) is 11.7.